The van der Waals surface area contributed by atoms with Gasteiger partial charge in [0, 0.05) is 9.99 Å². The van der Waals surface area contributed by atoms with Crippen LogP contribution in [0.2, 0.25) is 0 Å². The highest BCUT2D eigenvalue weighted by atomic mass is 127. The molecule has 0 saturated heterocycles. The number of carbonyl (C=O) groups excluding carboxylic acids is 1. The first-order chi connectivity index (χ1) is 5.61. The molecule has 0 aromatic heterocycles. The number of aryl methyl sites for hydroxylation is 1. The number of hydrogen-bond acceptors (Lipinski definition) is 1. The molecule has 64 valence electrons. The second kappa shape index (κ2) is 4.03. The molecule has 0 fully saturated rings. The van der Waals surface area contributed by atoms with Crippen molar-refractivity contribution in [3.63, 3.8) is 0 Å². The minimum Gasteiger partial charge on any atom is -0.300 e. The fraction of sp³-hybridized carbons (Fsp3) is 0.300. The Kier molecular flexibility index (Phi) is 3.26. The molecule has 2 heteroatoms. The summed E-state index contributed by atoms with van der Waals surface area (Å²) >= 11 is 2.29. The maximum absolute atomic E-state index is 10.9. The maximum atomic E-state index is 10.9. The van der Waals surface area contributed by atoms with Crippen LogP contribution in [0.15, 0.2) is 18.2 Å². The molecule has 1 nitrogen and oxygen atoms in total. The molecule has 1 rings (SSSR count). The predicted molar refractivity (Wildman–Crippen MR) is 58.3 cm³/mol. The average molecular weight is 274 g/mol. The lowest BCUT2D eigenvalue weighted by molar-refractivity contribution is -0.116. The van der Waals surface area contributed by atoms with E-state index in [0.717, 1.165) is 5.56 Å². The van der Waals surface area contributed by atoms with E-state index in [0.29, 0.717) is 6.42 Å². The van der Waals surface area contributed by atoms with Gasteiger partial charge in [-0.25, -0.2) is 0 Å². The Bertz CT molecular complexity index is 305. The van der Waals surface area contributed by atoms with E-state index < -0.39 is 0 Å². The lowest BCUT2D eigenvalue weighted by atomic mass is 10.1. The summed E-state index contributed by atoms with van der Waals surface area (Å²) in [6, 6.07) is 6.07. The minimum absolute atomic E-state index is 0.221. The number of hydrogen-bond donors (Lipinski definition) is 0. The Morgan fingerprint density at radius 3 is 2.75 bits per heavy atom. The largest absolute Gasteiger partial charge is 0.300 e. The zero-order valence-electron chi connectivity index (χ0n) is 7.23. The van der Waals surface area contributed by atoms with Gasteiger partial charge in [-0.1, -0.05) is 18.2 Å². The molecule has 0 N–H and O–H groups in total. The van der Waals surface area contributed by atoms with E-state index in [1.165, 1.54) is 9.13 Å². The van der Waals surface area contributed by atoms with E-state index in [9.17, 15) is 4.79 Å². The van der Waals surface area contributed by atoms with Gasteiger partial charge in [-0.05, 0) is 47.6 Å². The zero-order valence-corrected chi connectivity index (χ0v) is 9.38. The highest BCUT2D eigenvalue weighted by Gasteiger charge is 2.03. The van der Waals surface area contributed by atoms with E-state index in [1.54, 1.807) is 6.92 Å². The van der Waals surface area contributed by atoms with Gasteiger partial charge >= 0.3 is 0 Å². The van der Waals surface area contributed by atoms with Gasteiger partial charge in [0.05, 0.1) is 0 Å². The number of halogens is 1. The molecule has 1 aromatic carbocycles. The van der Waals surface area contributed by atoms with Crippen LogP contribution in [0.4, 0.5) is 0 Å². The topological polar surface area (TPSA) is 17.1 Å². The fourth-order valence-electron chi connectivity index (χ4n) is 1.11. The molecule has 0 saturated carbocycles. The number of rotatable bonds is 2. The summed E-state index contributed by atoms with van der Waals surface area (Å²) in [6.07, 6.45) is 0.556. The summed E-state index contributed by atoms with van der Waals surface area (Å²) in [6.45, 7) is 3.68. The summed E-state index contributed by atoms with van der Waals surface area (Å²) in [4.78, 5) is 10.9. The third-order valence-corrected chi connectivity index (χ3v) is 3.25. The summed E-state index contributed by atoms with van der Waals surface area (Å²) in [5.41, 5.74) is 2.39. The van der Waals surface area contributed by atoms with Crippen LogP contribution in [0.25, 0.3) is 0 Å². The first kappa shape index (κ1) is 9.71. The number of ketones is 1. The Morgan fingerprint density at radius 1 is 1.50 bits per heavy atom. The summed E-state index contributed by atoms with van der Waals surface area (Å²) in [7, 11) is 0. The number of Topliss-reactive ketones (excluding diaryl/α,β-unsaturated/α-hetero) is 1. The van der Waals surface area contributed by atoms with E-state index in [2.05, 4.69) is 35.6 Å². The number of carbonyl (C=O) groups is 1. The van der Waals surface area contributed by atoms with Gasteiger partial charge in [0.25, 0.3) is 0 Å². The molecule has 0 amide bonds. The van der Waals surface area contributed by atoms with Crippen LogP contribution in [-0.2, 0) is 11.2 Å². The second-order valence-corrected chi connectivity index (χ2v) is 4.01. The van der Waals surface area contributed by atoms with E-state index in [1.807, 2.05) is 12.1 Å². The second-order valence-electron chi connectivity index (χ2n) is 2.93. The van der Waals surface area contributed by atoms with E-state index in [4.69, 9.17) is 0 Å². The van der Waals surface area contributed by atoms with Crippen molar-refractivity contribution in [2.75, 3.05) is 0 Å². The van der Waals surface area contributed by atoms with Crippen molar-refractivity contribution in [2.45, 2.75) is 20.3 Å². The predicted octanol–water partition coefficient (Wildman–Crippen LogP) is 2.73. The van der Waals surface area contributed by atoms with Crippen molar-refractivity contribution < 1.29 is 4.79 Å². The van der Waals surface area contributed by atoms with E-state index >= 15 is 0 Å². The van der Waals surface area contributed by atoms with Crippen LogP contribution in [-0.4, -0.2) is 5.78 Å². The van der Waals surface area contributed by atoms with Crippen molar-refractivity contribution in [3.8, 4) is 0 Å². The molecule has 12 heavy (non-hydrogen) atoms. The van der Waals surface area contributed by atoms with Crippen LogP contribution >= 0.6 is 22.6 Å². The Morgan fingerprint density at radius 2 is 2.17 bits per heavy atom. The van der Waals surface area contributed by atoms with Crippen molar-refractivity contribution in [2.24, 2.45) is 0 Å². The molecule has 0 heterocycles. The third-order valence-electron chi connectivity index (χ3n) is 1.71. The summed E-state index contributed by atoms with van der Waals surface area (Å²) < 4.78 is 1.21. The van der Waals surface area contributed by atoms with Gasteiger partial charge < -0.3 is 0 Å². The van der Waals surface area contributed by atoms with Crippen molar-refractivity contribution in [1.29, 1.82) is 0 Å². The van der Waals surface area contributed by atoms with Gasteiger partial charge in [0.2, 0.25) is 0 Å². The van der Waals surface area contributed by atoms with Crippen molar-refractivity contribution >= 4 is 28.4 Å². The molecule has 0 atom stereocenters. The van der Waals surface area contributed by atoms with Crippen LogP contribution < -0.4 is 0 Å². The molecule has 1 aromatic rings. The summed E-state index contributed by atoms with van der Waals surface area (Å²) in [5, 5.41) is 0. The van der Waals surface area contributed by atoms with E-state index in [-0.39, 0.29) is 5.78 Å². The van der Waals surface area contributed by atoms with Gasteiger partial charge in [-0.3, -0.25) is 4.79 Å². The molecular weight excluding hydrogens is 263 g/mol. The van der Waals surface area contributed by atoms with Gasteiger partial charge in [-0.2, -0.15) is 0 Å². The van der Waals surface area contributed by atoms with Crippen LogP contribution in [0.3, 0.4) is 0 Å². The van der Waals surface area contributed by atoms with Gasteiger partial charge in [-0.15, -0.1) is 0 Å². The number of benzene rings is 1. The normalized spacial score (nSPS) is 9.92. The third kappa shape index (κ3) is 2.30. The monoisotopic (exact) mass is 274 g/mol. The fourth-order valence-corrected chi connectivity index (χ4v) is 1.66. The molecule has 0 radical (unpaired) electrons. The SMILES string of the molecule is CC(=O)Cc1cccc(C)c1I. The highest BCUT2D eigenvalue weighted by molar-refractivity contribution is 14.1. The van der Waals surface area contributed by atoms with Gasteiger partial charge in [0.1, 0.15) is 5.78 Å². The molecule has 0 bridgehead atoms. The first-order valence-electron chi connectivity index (χ1n) is 3.84. The Balaban J connectivity index is 3.00. The van der Waals surface area contributed by atoms with Gasteiger partial charge in [0.15, 0.2) is 0 Å². The van der Waals surface area contributed by atoms with Crippen molar-refractivity contribution in [3.05, 3.63) is 32.9 Å². The smallest absolute Gasteiger partial charge is 0.134 e. The first-order valence-corrected chi connectivity index (χ1v) is 4.92. The standard InChI is InChI=1S/C10H11IO/c1-7-4-3-5-9(10(7)11)6-8(2)12/h3-5H,6H2,1-2H3. The summed E-state index contributed by atoms with van der Waals surface area (Å²) in [5.74, 6) is 0.221. The average Bonchev–Trinajstić information content (AvgIpc) is 1.98. The lowest BCUT2D eigenvalue weighted by Gasteiger charge is -2.03. The van der Waals surface area contributed by atoms with Crippen LogP contribution in [0.1, 0.15) is 18.1 Å². The van der Waals surface area contributed by atoms with Crippen LogP contribution in [0, 0.1) is 10.5 Å². The Labute approximate surface area is 86.3 Å². The minimum atomic E-state index is 0.221. The molecule has 0 aliphatic carbocycles. The van der Waals surface area contributed by atoms with Crippen molar-refractivity contribution in [1.82, 2.24) is 0 Å². The quantitative estimate of drug-likeness (QED) is 0.758. The van der Waals surface area contributed by atoms with Crippen LogP contribution in [0.5, 0.6) is 0 Å². The molecule has 0 spiro atoms. The molecule has 0 aliphatic rings. The molecular formula is C10H11IO. The lowest BCUT2D eigenvalue weighted by Crippen LogP contribution is -1.99. The molecule has 0 unspecified atom stereocenters. The maximum Gasteiger partial charge on any atom is 0.134 e. The Hall–Kier alpha value is -0.380. The highest BCUT2D eigenvalue weighted by Crippen LogP contribution is 2.16. The molecule has 0 aliphatic heterocycles. The zero-order chi connectivity index (χ0) is 9.14.